The molecule has 2 aromatic heterocycles. The molecule has 3 rings (SSSR count). The quantitative estimate of drug-likeness (QED) is 0.824. The largest absolute Gasteiger partial charge is 0.374 e. The number of ether oxygens (including phenoxy) is 1. The maximum atomic E-state index is 5.89. The van der Waals surface area contributed by atoms with Crippen molar-refractivity contribution >= 4 is 28.6 Å². The molecule has 1 fully saturated rings. The van der Waals surface area contributed by atoms with E-state index in [1.807, 2.05) is 0 Å². The summed E-state index contributed by atoms with van der Waals surface area (Å²) in [5.41, 5.74) is 1.32. The van der Waals surface area contributed by atoms with E-state index in [9.17, 15) is 0 Å². The van der Waals surface area contributed by atoms with Crippen molar-refractivity contribution in [3.8, 4) is 0 Å². The van der Waals surface area contributed by atoms with Crippen molar-refractivity contribution in [1.82, 2.24) is 24.8 Å². The number of fused-ring (bicyclic) bond motifs is 1. The molecule has 1 aliphatic rings. The zero-order chi connectivity index (χ0) is 13.9. The highest BCUT2D eigenvalue weighted by Crippen LogP contribution is 2.18. The molecule has 1 aliphatic heterocycles. The second kappa shape index (κ2) is 5.90. The Morgan fingerprint density at radius 3 is 3.30 bits per heavy atom. The van der Waals surface area contributed by atoms with E-state index in [1.54, 1.807) is 6.33 Å². The molecular weight excluding hydrogens is 280 g/mol. The fraction of sp³-hybridized carbons (Fsp3) is 0.583. The number of nitrogens with one attached hydrogen (secondary N) is 2. The average Bonchev–Trinajstić information content (AvgIpc) is 2.93. The van der Waals surface area contributed by atoms with Gasteiger partial charge >= 0.3 is 0 Å². The predicted octanol–water partition coefficient (Wildman–Crippen LogP) is 1.14. The smallest absolute Gasteiger partial charge is 0.226 e. The van der Waals surface area contributed by atoms with Crippen LogP contribution < -0.4 is 5.32 Å². The zero-order valence-corrected chi connectivity index (χ0v) is 12.0. The van der Waals surface area contributed by atoms with Crippen molar-refractivity contribution in [2.24, 2.45) is 0 Å². The van der Waals surface area contributed by atoms with E-state index in [-0.39, 0.29) is 11.4 Å². The van der Waals surface area contributed by atoms with Gasteiger partial charge in [0.1, 0.15) is 5.52 Å². The maximum Gasteiger partial charge on any atom is 0.226 e. The first-order valence-electron chi connectivity index (χ1n) is 6.70. The van der Waals surface area contributed by atoms with Gasteiger partial charge in [0.05, 0.1) is 19.0 Å². The molecule has 0 aliphatic carbocycles. The molecule has 1 saturated heterocycles. The predicted molar refractivity (Wildman–Crippen MR) is 77.0 cm³/mol. The lowest BCUT2D eigenvalue weighted by molar-refractivity contribution is -0.0192. The second-order valence-electron chi connectivity index (χ2n) is 4.71. The summed E-state index contributed by atoms with van der Waals surface area (Å²) in [6.07, 6.45) is 1.73. The molecule has 0 amide bonds. The summed E-state index contributed by atoms with van der Waals surface area (Å²) in [5, 5.41) is 3.46. The number of halogens is 1. The Hall–Kier alpha value is -1.44. The monoisotopic (exact) mass is 296 g/mol. The maximum absolute atomic E-state index is 5.89. The number of likely N-dealkylation sites (N-methyl/N-ethyl adjacent to an activating group) is 1. The van der Waals surface area contributed by atoms with E-state index in [1.165, 1.54) is 0 Å². The first-order chi connectivity index (χ1) is 9.76. The van der Waals surface area contributed by atoms with Crippen LogP contribution >= 0.6 is 11.6 Å². The lowest BCUT2D eigenvalue weighted by atomic mass is 10.2. The Balaban J connectivity index is 1.69. The van der Waals surface area contributed by atoms with Crippen molar-refractivity contribution < 1.29 is 4.74 Å². The number of aromatic amines is 1. The van der Waals surface area contributed by atoms with Gasteiger partial charge in [0.15, 0.2) is 11.5 Å². The van der Waals surface area contributed by atoms with Gasteiger partial charge in [0, 0.05) is 19.6 Å². The highest BCUT2D eigenvalue weighted by Gasteiger charge is 2.19. The van der Waals surface area contributed by atoms with E-state index in [2.05, 4.69) is 37.1 Å². The van der Waals surface area contributed by atoms with E-state index in [4.69, 9.17) is 16.3 Å². The average molecular weight is 297 g/mol. The summed E-state index contributed by atoms with van der Waals surface area (Å²) in [5.74, 6) is 0.662. The van der Waals surface area contributed by atoms with E-state index in [0.717, 1.165) is 31.8 Å². The normalized spacial score (nSPS) is 20.4. The van der Waals surface area contributed by atoms with Crippen LogP contribution in [0.5, 0.6) is 0 Å². The third-order valence-corrected chi connectivity index (χ3v) is 3.59. The number of anilines is 1. The highest BCUT2D eigenvalue weighted by atomic mass is 35.5. The van der Waals surface area contributed by atoms with Gasteiger partial charge in [-0.1, -0.05) is 6.92 Å². The Morgan fingerprint density at radius 2 is 2.45 bits per heavy atom. The Kier molecular flexibility index (Phi) is 4.00. The Labute approximate surface area is 121 Å². The van der Waals surface area contributed by atoms with Crippen LogP contribution in [0.4, 0.5) is 5.82 Å². The number of rotatable bonds is 4. The standard InChI is InChI=1S/C12H17ClN6O/c1-2-19-3-4-20-8(6-19)5-14-10-9-11(16-7-15-9)18-12(13)17-10/h7-8H,2-6H2,1H3,(H2,14,15,16,17,18). The first-order valence-corrected chi connectivity index (χ1v) is 7.08. The molecule has 8 heteroatoms. The van der Waals surface area contributed by atoms with Gasteiger partial charge in [-0.25, -0.2) is 4.98 Å². The molecular formula is C12H17ClN6O. The second-order valence-corrected chi connectivity index (χ2v) is 5.05. The zero-order valence-electron chi connectivity index (χ0n) is 11.3. The summed E-state index contributed by atoms with van der Waals surface area (Å²) in [6.45, 7) is 6.58. The van der Waals surface area contributed by atoms with Gasteiger partial charge in [-0.2, -0.15) is 9.97 Å². The first kappa shape index (κ1) is 13.5. The Bertz CT molecular complexity index is 588. The van der Waals surface area contributed by atoms with Crippen molar-refractivity contribution in [2.75, 3.05) is 38.1 Å². The van der Waals surface area contributed by atoms with Crippen LogP contribution in [0.3, 0.4) is 0 Å². The number of aromatic nitrogens is 4. The molecule has 3 heterocycles. The molecule has 1 unspecified atom stereocenters. The van der Waals surface area contributed by atoms with Crippen molar-refractivity contribution in [2.45, 2.75) is 13.0 Å². The highest BCUT2D eigenvalue weighted by molar-refractivity contribution is 6.28. The molecule has 2 aromatic rings. The minimum atomic E-state index is 0.149. The lowest BCUT2D eigenvalue weighted by Crippen LogP contribution is -2.45. The number of hydrogen-bond acceptors (Lipinski definition) is 6. The van der Waals surface area contributed by atoms with Crippen molar-refractivity contribution in [1.29, 1.82) is 0 Å². The van der Waals surface area contributed by atoms with Crippen molar-refractivity contribution in [3.05, 3.63) is 11.6 Å². The molecule has 20 heavy (non-hydrogen) atoms. The Morgan fingerprint density at radius 1 is 1.55 bits per heavy atom. The SMILES string of the molecule is CCN1CCOC(CNc2nc(Cl)nc3nc[nH]c23)C1. The van der Waals surface area contributed by atoms with Crippen LogP contribution in [-0.4, -0.2) is 63.7 Å². The van der Waals surface area contributed by atoms with Gasteiger partial charge < -0.3 is 15.0 Å². The van der Waals surface area contributed by atoms with Crippen LogP contribution in [0.1, 0.15) is 6.92 Å². The molecule has 1 atom stereocenters. The summed E-state index contributed by atoms with van der Waals surface area (Å²) in [4.78, 5) is 17.7. The minimum Gasteiger partial charge on any atom is -0.374 e. The van der Waals surface area contributed by atoms with Gasteiger partial charge in [-0.3, -0.25) is 4.90 Å². The van der Waals surface area contributed by atoms with E-state index < -0.39 is 0 Å². The summed E-state index contributed by atoms with van der Waals surface area (Å²) in [6, 6.07) is 0. The summed E-state index contributed by atoms with van der Waals surface area (Å²) < 4.78 is 5.75. The fourth-order valence-electron chi connectivity index (χ4n) is 2.34. The molecule has 0 radical (unpaired) electrons. The third kappa shape index (κ3) is 2.84. The van der Waals surface area contributed by atoms with Gasteiger partial charge in [-0.05, 0) is 18.1 Å². The van der Waals surface area contributed by atoms with Crippen LogP contribution in [0.2, 0.25) is 5.28 Å². The molecule has 108 valence electrons. The molecule has 0 aromatic carbocycles. The van der Waals surface area contributed by atoms with E-state index >= 15 is 0 Å². The molecule has 2 N–H and O–H groups in total. The number of nitrogens with zero attached hydrogens (tertiary/aromatic N) is 4. The topological polar surface area (TPSA) is 79.0 Å². The number of hydrogen-bond donors (Lipinski definition) is 2. The molecule has 7 nitrogen and oxygen atoms in total. The number of imidazole rings is 1. The molecule has 0 spiro atoms. The van der Waals surface area contributed by atoms with Crippen LogP contribution in [0.25, 0.3) is 11.2 Å². The number of H-pyrrole nitrogens is 1. The van der Waals surface area contributed by atoms with Crippen LogP contribution in [0.15, 0.2) is 6.33 Å². The summed E-state index contributed by atoms with van der Waals surface area (Å²) in [7, 11) is 0. The third-order valence-electron chi connectivity index (χ3n) is 3.43. The number of morpholine rings is 1. The van der Waals surface area contributed by atoms with Crippen molar-refractivity contribution in [3.63, 3.8) is 0 Å². The van der Waals surface area contributed by atoms with Gasteiger partial charge in [0.25, 0.3) is 0 Å². The molecule has 0 saturated carbocycles. The van der Waals surface area contributed by atoms with E-state index in [0.29, 0.717) is 18.0 Å². The minimum absolute atomic E-state index is 0.149. The molecule has 0 bridgehead atoms. The lowest BCUT2D eigenvalue weighted by Gasteiger charge is -2.32. The van der Waals surface area contributed by atoms with Crippen LogP contribution in [-0.2, 0) is 4.74 Å². The fourth-order valence-corrected chi connectivity index (χ4v) is 2.50. The van der Waals surface area contributed by atoms with Crippen LogP contribution in [0, 0.1) is 0 Å². The van der Waals surface area contributed by atoms with Gasteiger partial charge in [0.2, 0.25) is 5.28 Å². The van der Waals surface area contributed by atoms with Gasteiger partial charge in [-0.15, -0.1) is 0 Å². The summed E-state index contributed by atoms with van der Waals surface area (Å²) >= 11 is 5.89.